The molecule has 3 saturated heterocycles. The number of hydrogen-bond acceptors (Lipinski definition) is 14. The predicted octanol–water partition coefficient (Wildman–Crippen LogP) is 2.81. The van der Waals surface area contributed by atoms with Gasteiger partial charge in [0, 0.05) is 55.2 Å². The number of ether oxygens (including phenoxy) is 5. The first kappa shape index (κ1) is 40.3. The molecule has 2 atom stereocenters. The number of carbonyl (C=O) groups excluding carboxylic acids is 5. The summed E-state index contributed by atoms with van der Waals surface area (Å²) >= 11 is 5.67. The van der Waals surface area contributed by atoms with Gasteiger partial charge in [0.05, 0.1) is 46.3 Å². The molecule has 19 heteroatoms. The van der Waals surface area contributed by atoms with Crippen molar-refractivity contribution in [3.05, 3.63) is 59.7 Å². The van der Waals surface area contributed by atoms with Crippen molar-refractivity contribution in [2.24, 2.45) is 0 Å². The lowest BCUT2D eigenvalue weighted by atomic mass is 10.1. The second-order valence-electron chi connectivity index (χ2n) is 11.8. The molecule has 2 unspecified atom stereocenters. The average molecular weight is 759 g/mol. The van der Waals surface area contributed by atoms with Crippen molar-refractivity contribution in [1.82, 2.24) is 20.4 Å². The van der Waals surface area contributed by atoms with Gasteiger partial charge in [-0.25, -0.2) is 19.2 Å². The predicted molar refractivity (Wildman–Crippen MR) is 193 cm³/mol. The van der Waals surface area contributed by atoms with E-state index in [0.29, 0.717) is 55.3 Å². The van der Waals surface area contributed by atoms with Crippen LogP contribution >= 0.6 is 11.6 Å². The van der Waals surface area contributed by atoms with Crippen LogP contribution in [0.15, 0.2) is 48.5 Å². The van der Waals surface area contributed by atoms with Gasteiger partial charge >= 0.3 is 30.3 Å². The van der Waals surface area contributed by atoms with E-state index in [4.69, 9.17) is 36.6 Å². The van der Waals surface area contributed by atoms with Gasteiger partial charge in [0.15, 0.2) is 0 Å². The van der Waals surface area contributed by atoms with E-state index in [-0.39, 0.29) is 35.7 Å². The number of alkyl carbamates (subject to hydrolysis) is 2. The topological polar surface area (TPSA) is 216 Å². The van der Waals surface area contributed by atoms with E-state index >= 15 is 0 Å². The van der Waals surface area contributed by atoms with Crippen LogP contribution in [0, 0.1) is 10.8 Å². The Morgan fingerprint density at radius 1 is 0.755 bits per heavy atom. The number of alkyl halides is 1. The SMILES string of the molecule is CCOC(=O)CN1CCN(CC2CN(c3ccc(C(=N)NC(=O)OC)cc3)C(=O)O2)CC1.COC(=O)NC(=N)c1ccc(N2CC(CCl)OC2=O)cc1. The highest BCUT2D eigenvalue weighted by Gasteiger charge is 2.34. The van der Waals surface area contributed by atoms with Gasteiger partial charge < -0.3 is 23.7 Å². The number of benzene rings is 2. The monoisotopic (exact) mass is 758 g/mol. The number of esters is 1. The first-order valence-electron chi connectivity index (χ1n) is 16.6. The third-order valence-electron chi connectivity index (χ3n) is 8.27. The number of nitrogens with zero attached hydrogens (tertiary/aromatic N) is 4. The molecule has 3 aliphatic heterocycles. The summed E-state index contributed by atoms with van der Waals surface area (Å²) in [6.07, 6.45) is -2.86. The lowest BCUT2D eigenvalue weighted by Gasteiger charge is -2.34. The third-order valence-corrected chi connectivity index (χ3v) is 8.61. The molecule has 0 aliphatic carbocycles. The van der Waals surface area contributed by atoms with E-state index in [9.17, 15) is 24.0 Å². The average Bonchev–Trinajstić information content (AvgIpc) is 3.73. The number of piperazine rings is 1. The highest BCUT2D eigenvalue weighted by Crippen LogP contribution is 2.24. The van der Waals surface area contributed by atoms with Gasteiger partial charge in [-0.3, -0.25) is 45.8 Å². The van der Waals surface area contributed by atoms with Crippen molar-refractivity contribution >= 4 is 65.0 Å². The Morgan fingerprint density at radius 2 is 1.19 bits per heavy atom. The van der Waals surface area contributed by atoms with Crippen LogP contribution in [0.1, 0.15) is 18.1 Å². The minimum absolute atomic E-state index is 0.0870. The number of methoxy groups -OCH3 is 2. The van der Waals surface area contributed by atoms with Gasteiger partial charge in [-0.2, -0.15) is 0 Å². The largest absolute Gasteiger partial charge is 0.465 e. The lowest BCUT2D eigenvalue weighted by molar-refractivity contribution is -0.144. The van der Waals surface area contributed by atoms with Crippen LogP contribution in [0.2, 0.25) is 0 Å². The fourth-order valence-electron chi connectivity index (χ4n) is 5.51. The fourth-order valence-corrected chi connectivity index (χ4v) is 5.67. The minimum atomic E-state index is -0.716. The number of cyclic esters (lactones) is 2. The Hall–Kier alpha value is -5.46. The molecule has 2 aromatic rings. The van der Waals surface area contributed by atoms with E-state index in [2.05, 4.69) is 29.9 Å². The second kappa shape index (κ2) is 19.4. The Balaban J connectivity index is 0.000000258. The summed E-state index contributed by atoms with van der Waals surface area (Å²) in [5.41, 5.74) is 2.28. The van der Waals surface area contributed by atoms with Crippen LogP contribution in [0.5, 0.6) is 0 Å². The molecule has 3 aliphatic rings. The lowest BCUT2D eigenvalue weighted by Crippen LogP contribution is -2.50. The van der Waals surface area contributed by atoms with Crippen LogP contribution in [0.3, 0.4) is 0 Å². The van der Waals surface area contributed by atoms with Gasteiger partial charge in [-0.05, 0) is 55.5 Å². The number of amidine groups is 2. The molecule has 0 bridgehead atoms. The number of rotatable bonds is 10. The van der Waals surface area contributed by atoms with Gasteiger partial charge in [-0.1, -0.05) is 0 Å². The Kier molecular flexibility index (Phi) is 14.8. The summed E-state index contributed by atoms with van der Waals surface area (Å²) in [7, 11) is 2.45. The summed E-state index contributed by atoms with van der Waals surface area (Å²) in [5.74, 6) is -0.138. The van der Waals surface area contributed by atoms with Crippen LogP contribution < -0.4 is 20.4 Å². The van der Waals surface area contributed by atoms with E-state index < -0.39 is 24.4 Å². The Labute approximate surface area is 311 Å². The van der Waals surface area contributed by atoms with Gasteiger partial charge in [0.1, 0.15) is 23.9 Å². The van der Waals surface area contributed by atoms with E-state index in [0.717, 1.165) is 26.2 Å². The van der Waals surface area contributed by atoms with Crippen LogP contribution in [0.25, 0.3) is 0 Å². The number of anilines is 2. The van der Waals surface area contributed by atoms with E-state index in [1.165, 1.54) is 19.1 Å². The molecule has 3 heterocycles. The molecule has 0 spiro atoms. The van der Waals surface area contributed by atoms with Crippen LogP contribution in [0.4, 0.5) is 30.6 Å². The van der Waals surface area contributed by atoms with Crippen LogP contribution in [-0.4, -0.2) is 143 Å². The molecular formula is C34H43ClN8O10. The molecule has 4 amide bonds. The summed E-state index contributed by atoms with van der Waals surface area (Å²) in [4.78, 5) is 65.3. The highest BCUT2D eigenvalue weighted by atomic mass is 35.5. The van der Waals surface area contributed by atoms with Crippen molar-refractivity contribution in [1.29, 1.82) is 10.8 Å². The second-order valence-corrected chi connectivity index (χ2v) is 12.2. The molecule has 4 N–H and O–H groups in total. The zero-order chi connectivity index (χ0) is 38.5. The summed E-state index contributed by atoms with van der Waals surface area (Å²) in [6, 6.07) is 13.3. The summed E-state index contributed by atoms with van der Waals surface area (Å²) in [6.45, 7) is 7.03. The number of nitrogens with one attached hydrogen (secondary N) is 4. The molecule has 5 rings (SSSR count). The zero-order valence-corrected chi connectivity index (χ0v) is 30.3. The smallest absolute Gasteiger partial charge is 0.414 e. The molecule has 0 aromatic heterocycles. The maximum absolute atomic E-state index is 12.4. The zero-order valence-electron chi connectivity index (χ0n) is 29.6. The summed E-state index contributed by atoms with van der Waals surface area (Å²) in [5, 5.41) is 20.1. The maximum Gasteiger partial charge on any atom is 0.414 e. The molecule has 3 fully saturated rings. The van der Waals surface area contributed by atoms with E-state index in [1.807, 2.05) is 0 Å². The number of carbonyl (C=O) groups is 5. The maximum atomic E-state index is 12.4. The molecule has 0 radical (unpaired) electrons. The van der Waals surface area contributed by atoms with Gasteiger partial charge in [0.2, 0.25) is 0 Å². The number of amides is 4. The molecule has 2 aromatic carbocycles. The number of hydrogen-bond donors (Lipinski definition) is 4. The van der Waals surface area contributed by atoms with E-state index in [1.54, 1.807) is 60.4 Å². The van der Waals surface area contributed by atoms with Gasteiger partial charge in [0.25, 0.3) is 0 Å². The minimum Gasteiger partial charge on any atom is -0.465 e. The fraction of sp³-hybridized carbons (Fsp3) is 0.441. The molecule has 53 heavy (non-hydrogen) atoms. The standard InChI is InChI=1S/C21H29N5O6.C13H14ClN3O4/c1-3-31-18(27)14-25-10-8-24(9-11-25)12-17-13-26(21(29)32-17)16-6-4-15(5-7-16)19(22)23-20(28)30-2;1-20-12(18)16-11(15)8-2-4-9(5-3-8)17-7-10(6-14)21-13(17)19/h4-7,17H,3,8-14H2,1-2H3,(H2,22,23,28);2-5,10H,6-7H2,1H3,(H2,15,16,18). The quantitative estimate of drug-likeness (QED) is 0.0905. The van der Waals surface area contributed by atoms with Crippen molar-refractivity contribution in [3.63, 3.8) is 0 Å². The highest BCUT2D eigenvalue weighted by molar-refractivity contribution is 6.18. The first-order valence-corrected chi connectivity index (χ1v) is 17.2. The van der Waals surface area contributed by atoms with Gasteiger partial charge in [-0.15, -0.1) is 11.6 Å². The summed E-state index contributed by atoms with van der Waals surface area (Å²) < 4.78 is 24.5. The third kappa shape index (κ3) is 11.5. The molecule has 286 valence electrons. The Bertz CT molecular complexity index is 1640. The first-order chi connectivity index (χ1) is 25.4. The normalized spacial score (nSPS) is 18.6. The van der Waals surface area contributed by atoms with Crippen molar-refractivity contribution < 1.29 is 47.7 Å². The Morgan fingerprint density at radius 3 is 1.60 bits per heavy atom. The molecule has 18 nitrogen and oxygen atoms in total. The number of halogens is 1. The van der Waals surface area contributed by atoms with Crippen molar-refractivity contribution in [2.75, 3.05) is 88.9 Å². The van der Waals surface area contributed by atoms with Crippen molar-refractivity contribution in [2.45, 2.75) is 19.1 Å². The van der Waals surface area contributed by atoms with Crippen LogP contribution in [-0.2, 0) is 28.5 Å². The molecular weight excluding hydrogens is 716 g/mol. The van der Waals surface area contributed by atoms with Crippen molar-refractivity contribution in [3.8, 4) is 0 Å². The molecule has 0 saturated carbocycles.